The van der Waals surface area contributed by atoms with Gasteiger partial charge in [-0.1, -0.05) is 6.07 Å². The van der Waals surface area contributed by atoms with Crippen molar-refractivity contribution in [1.82, 2.24) is 5.32 Å². The third-order valence-corrected chi connectivity index (χ3v) is 4.14. The predicted molar refractivity (Wildman–Crippen MR) is 78.9 cm³/mol. The second-order valence-electron chi connectivity index (χ2n) is 5.64. The van der Waals surface area contributed by atoms with Gasteiger partial charge in [0.15, 0.2) is 0 Å². The number of nitrogens with one attached hydrogen (secondary N) is 2. The van der Waals surface area contributed by atoms with E-state index >= 15 is 0 Å². The van der Waals surface area contributed by atoms with Gasteiger partial charge in [0.05, 0.1) is 6.54 Å². The third kappa shape index (κ3) is 3.31. The number of carbonyl (C=O) groups is 1. The molecule has 1 aromatic carbocycles. The Labute approximate surface area is 119 Å². The highest BCUT2D eigenvalue weighted by Gasteiger charge is 2.16. The van der Waals surface area contributed by atoms with Gasteiger partial charge in [0.25, 0.3) is 0 Å². The molecule has 1 saturated heterocycles. The maximum Gasteiger partial charge on any atom is 0.239 e. The van der Waals surface area contributed by atoms with Gasteiger partial charge in [0.2, 0.25) is 5.91 Å². The molecule has 0 saturated carbocycles. The summed E-state index contributed by atoms with van der Waals surface area (Å²) in [6, 6.07) is 6.72. The normalized spacial score (nSPS) is 18.6. The number of amides is 1. The Morgan fingerprint density at radius 2 is 2.00 bits per heavy atom. The standard InChI is InChI=1S/C16H22N2O2/c19-16(18-14-6-8-20-9-7-14)11-17-15-5-4-12-2-1-3-13(12)10-15/h4-5,10,14,17H,1-3,6-9,11H2,(H,18,19). The number of hydrogen-bond donors (Lipinski definition) is 2. The lowest BCUT2D eigenvalue weighted by Crippen LogP contribution is -2.41. The van der Waals surface area contributed by atoms with Crippen LogP contribution in [0.4, 0.5) is 5.69 Å². The number of benzene rings is 1. The van der Waals surface area contributed by atoms with Crippen LogP contribution < -0.4 is 10.6 Å². The fraction of sp³-hybridized carbons (Fsp3) is 0.562. The topological polar surface area (TPSA) is 50.4 Å². The number of carbonyl (C=O) groups excluding carboxylic acids is 1. The smallest absolute Gasteiger partial charge is 0.239 e. The van der Waals surface area contributed by atoms with Crippen LogP contribution in [0.3, 0.4) is 0 Å². The molecule has 3 rings (SSSR count). The van der Waals surface area contributed by atoms with E-state index in [1.54, 1.807) is 0 Å². The molecule has 4 heteroatoms. The summed E-state index contributed by atoms with van der Waals surface area (Å²) in [5.74, 6) is 0.0670. The molecule has 1 aromatic rings. The monoisotopic (exact) mass is 274 g/mol. The van der Waals surface area contributed by atoms with E-state index in [1.165, 1.54) is 30.4 Å². The molecule has 0 aromatic heterocycles. The molecule has 20 heavy (non-hydrogen) atoms. The molecule has 1 heterocycles. The molecule has 0 radical (unpaired) electrons. The second-order valence-corrected chi connectivity index (χ2v) is 5.64. The van der Waals surface area contributed by atoms with Gasteiger partial charge < -0.3 is 15.4 Å². The Bertz CT molecular complexity index is 481. The zero-order chi connectivity index (χ0) is 13.8. The summed E-state index contributed by atoms with van der Waals surface area (Å²) < 4.78 is 5.29. The van der Waals surface area contributed by atoms with Gasteiger partial charge in [0.1, 0.15) is 0 Å². The summed E-state index contributed by atoms with van der Waals surface area (Å²) in [7, 11) is 0. The fourth-order valence-electron chi connectivity index (χ4n) is 2.98. The molecule has 0 unspecified atom stereocenters. The van der Waals surface area contributed by atoms with E-state index in [0.29, 0.717) is 6.54 Å². The van der Waals surface area contributed by atoms with E-state index in [-0.39, 0.29) is 11.9 Å². The van der Waals surface area contributed by atoms with Crippen LogP contribution in [-0.2, 0) is 22.4 Å². The summed E-state index contributed by atoms with van der Waals surface area (Å²) >= 11 is 0. The van der Waals surface area contributed by atoms with Crippen molar-refractivity contribution in [3.63, 3.8) is 0 Å². The van der Waals surface area contributed by atoms with E-state index in [1.807, 2.05) is 0 Å². The van der Waals surface area contributed by atoms with Gasteiger partial charge in [-0.2, -0.15) is 0 Å². The molecule has 2 aliphatic rings. The molecule has 0 bridgehead atoms. The predicted octanol–water partition coefficient (Wildman–Crippen LogP) is 1.88. The molecule has 0 spiro atoms. The van der Waals surface area contributed by atoms with E-state index in [9.17, 15) is 4.79 Å². The van der Waals surface area contributed by atoms with Crippen LogP contribution in [0.15, 0.2) is 18.2 Å². The number of ether oxygens (including phenoxy) is 1. The summed E-state index contributed by atoms with van der Waals surface area (Å²) in [5, 5.41) is 6.28. The van der Waals surface area contributed by atoms with Gasteiger partial charge in [-0.3, -0.25) is 4.79 Å². The largest absolute Gasteiger partial charge is 0.381 e. The van der Waals surface area contributed by atoms with Crippen molar-refractivity contribution >= 4 is 11.6 Å². The highest BCUT2D eigenvalue weighted by Crippen LogP contribution is 2.24. The Balaban J connectivity index is 1.47. The molecule has 1 amide bonds. The minimum atomic E-state index is 0.0670. The zero-order valence-electron chi connectivity index (χ0n) is 11.8. The Kier molecular flexibility index (Phi) is 4.21. The summed E-state index contributed by atoms with van der Waals surface area (Å²) in [6.45, 7) is 1.85. The minimum Gasteiger partial charge on any atom is -0.381 e. The van der Waals surface area contributed by atoms with Gasteiger partial charge >= 0.3 is 0 Å². The SMILES string of the molecule is O=C(CNc1ccc2c(c1)CCC2)NC1CCOCC1. The average molecular weight is 274 g/mol. The van der Waals surface area contributed by atoms with E-state index < -0.39 is 0 Å². The Morgan fingerprint density at radius 1 is 1.20 bits per heavy atom. The van der Waals surface area contributed by atoms with E-state index in [2.05, 4.69) is 28.8 Å². The summed E-state index contributed by atoms with van der Waals surface area (Å²) in [5.41, 5.74) is 3.94. The van der Waals surface area contributed by atoms with Crippen molar-refractivity contribution < 1.29 is 9.53 Å². The first-order chi connectivity index (χ1) is 9.81. The highest BCUT2D eigenvalue weighted by atomic mass is 16.5. The lowest BCUT2D eigenvalue weighted by atomic mass is 10.1. The van der Waals surface area contributed by atoms with Crippen molar-refractivity contribution in [2.75, 3.05) is 25.1 Å². The van der Waals surface area contributed by atoms with Gasteiger partial charge in [0, 0.05) is 24.9 Å². The first kappa shape index (κ1) is 13.4. The fourth-order valence-corrected chi connectivity index (χ4v) is 2.98. The van der Waals surface area contributed by atoms with Crippen LogP contribution in [0.25, 0.3) is 0 Å². The summed E-state index contributed by atoms with van der Waals surface area (Å²) in [4.78, 5) is 11.9. The van der Waals surface area contributed by atoms with Crippen molar-refractivity contribution in [3.8, 4) is 0 Å². The van der Waals surface area contributed by atoms with E-state index in [4.69, 9.17) is 4.74 Å². The molecule has 4 nitrogen and oxygen atoms in total. The second kappa shape index (κ2) is 6.27. The van der Waals surface area contributed by atoms with Crippen LogP contribution >= 0.6 is 0 Å². The minimum absolute atomic E-state index is 0.0670. The lowest BCUT2D eigenvalue weighted by molar-refractivity contribution is -0.120. The number of fused-ring (bicyclic) bond motifs is 1. The van der Waals surface area contributed by atoms with Crippen LogP contribution in [0.1, 0.15) is 30.4 Å². The molecule has 1 aliphatic heterocycles. The number of aryl methyl sites for hydroxylation is 2. The van der Waals surface area contributed by atoms with Gasteiger partial charge in [-0.05, 0) is 55.4 Å². The third-order valence-electron chi connectivity index (χ3n) is 4.14. The van der Waals surface area contributed by atoms with Gasteiger partial charge in [-0.15, -0.1) is 0 Å². The van der Waals surface area contributed by atoms with Crippen LogP contribution in [0.5, 0.6) is 0 Å². The molecule has 1 fully saturated rings. The molecular weight excluding hydrogens is 252 g/mol. The van der Waals surface area contributed by atoms with Crippen LogP contribution in [-0.4, -0.2) is 31.7 Å². The Morgan fingerprint density at radius 3 is 2.85 bits per heavy atom. The van der Waals surface area contributed by atoms with Gasteiger partial charge in [-0.25, -0.2) is 0 Å². The number of hydrogen-bond acceptors (Lipinski definition) is 3. The maximum atomic E-state index is 11.9. The molecule has 1 aliphatic carbocycles. The number of anilines is 1. The lowest BCUT2D eigenvalue weighted by Gasteiger charge is -2.23. The summed E-state index contributed by atoms with van der Waals surface area (Å²) in [6.07, 6.45) is 5.46. The zero-order valence-corrected chi connectivity index (χ0v) is 11.8. The number of rotatable bonds is 4. The van der Waals surface area contributed by atoms with Crippen molar-refractivity contribution in [3.05, 3.63) is 29.3 Å². The molecule has 108 valence electrons. The average Bonchev–Trinajstić information content (AvgIpc) is 2.93. The highest BCUT2D eigenvalue weighted by molar-refractivity contribution is 5.81. The molecule has 0 atom stereocenters. The maximum absolute atomic E-state index is 11.9. The Hall–Kier alpha value is -1.55. The van der Waals surface area contributed by atoms with Crippen molar-refractivity contribution in [2.45, 2.75) is 38.1 Å². The first-order valence-electron chi connectivity index (χ1n) is 7.54. The van der Waals surface area contributed by atoms with Crippen molar-refractivity contribution in [2.24, 2.45) is 0 Å². The van der Waals surface area contributed by atoms with Crippen LogP contribution in [0, 0.1) is 0 Å². The van der Waals surface area contributed by atoms with E-state index in [0.717, 1.165) is 31.7 Å². The first-order valence-corrected chi connectivity index (χ1v) is 7.54. The quantitative estimate of drug-likeness (QED) is 0.881. The molecule has 2 N–H and O–H groups in total. The van der Waals surface area contributed by atoms with Crippen molar-refractivity contribution in [1.29, 1.82) is 0 Å². The van der Waals surface area contributed by atoms with Crippen LogP contribution in [0.2, 0.25) is 0 Å². The molecular formula is C16H22N2O2.